The summed E-state index contributed by atoms with van der Waals surface area (Å²) in [4.78, 5) is 23.4. The number of amides is 1. The lowest BCUT2D eigenvalue weighted by molar-refractivity contribution is -0.132. The van der Waals surface area contributed by atoms with Crippen molar-refractivity contribution in [1.82, 2.24) is 14.9 Å². The number of aromatic nitrogens is 2. The van der Waals surface area contributed by atoms with Gasteiger partial charge in [-0.3, -0.25) is 4.79 Å². The molecular weight excluding hydrogens is 286 g/mol. The van der Waals surface area contributed by atoms with Crippen LogP contribution < -0.4 is 4.74 Å². The van der Waals surface area contributed by atoms with Gasteiger partial charge in [-0.05, 0) is 17.5 Å². The van der Waals surface area contributed by atoms with Crippen LogP contribution >= 0.6 is 11.3 Å². The minimum absolute atomic E-state index is 0.0955. The summed E-state index contributed by atoms with van der Waals surface area (Å²) in [5, 5.41) is 2.00. The van der Waals surface area contributed by atoms with E-state index in [4.69, 9.17) is 4.74 Å². The average Bonchev–Trinajstić information content (AvgIpc) is 3.02. The highest BCUT2D eigenvalue weighted by Gasteiger charge is 2.24. The summed E-state index contributed by atoms with van der Waals surface area (Å²) in [6.45, 7) is 1.48. The van der Waals surface area contributed by atoms with Crippen LogP contribution in [-0.2, 0) is 11.2 Å². The molecule has 1 fully saturated rings. The Morgan fingerprint density at radius 1 is 1.29 bits per heavy atom. The van der Waals surface area contributed by atoms with Crippen LogP contribution in [0.3, 0.4) is 0 Å². The molecule has 0 aromatic carbocycles. The molecule has 0 N–H and O–H groups in total. The van der Waals surface area contributed by atoms with Crippen LogP contribution in [0.4, 0.5) is 0 Å². The van der Waals surface area contributed by atoms with Crippen LogP contribution in [-0.4, -0.2) is 40.0 Å². The minimum atomic E-state index is 0.0955. The molecule has 21 heavy (non-hydrogen) atoms. The fourth-order valence-electron chi connectivity index (χ4n) is 2.39. The first-order valence-corrected chi connectivity index (χ1v) is 7.93. The maximum Gasteiger partial charge on any atom is 0.316 e. The second-order valence-electron chi connectivity index (χ2n) is 4.99. The number of likely N-dealkylation sites (tertiary alicyclic amines) is 1. The van der Waals surface area contributed by atoms with E-state index in [-0.39, 0.29) is 12.0 Å². The predicted molar refractivity (Wildman–Crippen MR) is 80.3 cm³/mol. The first-order valence-electron chi connectivity index (χ1n) is 7.05. The molecule has 1 saturated heterocycles. The van der Waals surface area contributed by atoms with Crippen LogP contribution in [0.2, 0.25) is 0 Å². The van der Waals surface area contributed by atoms with Gasteiger partial charge in [-0.15, -0.1) is 11.3 Å². The SMILES string of the molecule is O=C(Cc1cccs1)N1CCC(Oc2ncccn2)CC1. The van der Waals surface area contributed by atoms with Crippen molar-refractivity contribution >= 4 is 17.2 Å². The lowest BCUT2D eigenvalue weighted by Crippen LogP contribution is -2.42. The molecule has 0 saturated carbocycles. The summed E-state index contributed by atoms with van der Waals surface area (Å²) in [5.74, 6) is 0.201. The topological polar surface area (TPSA) is 55.3 Å². The third kappa shape index (κ3) is 3.78. The number of thiophene rings is 1. The second-order valence-corrected chi connectivity index (χ2v) is 6.02. The number of carbonyl (C=O) groups excluding carboxylic acids is 1. The third-order valence-corrected chi connectivity index (χ3v) is 4.39. The molecule has 0 atom stereocenters. The van der Waals surface area contributed by atoms with Gasteiger partial charge in [0, 0.05) is 43.2 Å². The van der Waals surface area contributed by atoms with Gasteiger partial charge in [0.05, 0.1) is 6.42 Å². The van der Waals surface area contributed by atoms with Crippen LogP contribution in [0.5, 0.6) is 6.01 Å². The molecule has 2 aromatic heterocycles. The molecule has 5 nitrogen and oxygen atoms in total. The van der Waals surface area contributed by atoms with E-state index in [1.807, 2.05) is 22.4 Å². The largest absolute Gasteiger partial charge is 0.460 e. The Hall–Kier alpha value is -1.95. The lowest BCUT2D eigenvalue weighted by atomic mass is 10.1. The highest BCUT2D eigenvalue weighted by molar-refractivity contribution is 7.10. The van der Waals surface area contributed by atoms with Gasteiger partial charge in [0.15, 0.2) is 0 Å². The Balaban J connectivity index is 1.47. The smallest absolute Gasteiger partial charge is 0.316 e. The van der Waals surface area contributed by atoms with Gasteiger partial charge in [0.2, 0.25) is 5.91 Å². The molecule has 0 bridgehead atoms. The van der Waals surface area contributed by atoms with Crippen molar-refractivity contribution in [1.29, 1.82) is 0 Å². The molecule has 2 aromatic rings. The summed E-state index contributed by atoms with van der Waals surface area (Å²) < 4.78 is 5.73. The molecule has 6 heteroatoms. The molecular formula is C15H17N3O2S. The Morgan fingerprint density at radius 2 is 2.05 bits per heavy atom. The van der Waals surface area contributed by atoms with E-state index in [2.05, 4.69) is 9.97 Å². The minimum Gasteiger partial charge on any atom is -0.460 e. The molecule has 0 radical (unpaired) electrons. The Labute approximate surface area is 127 Å². The van der Waals surface area contributed by atoms with Crippen LogP contribution in [0.15, 0.2) is 36.0 Å². The van der Waals surface area contributed by atoms with Crippen molar-refractivity contribution in [3.05, 3.63) is 40.8 Å². The number of rotatable bonds is 4. The highest BCUT2D eigenvalue weighted by atomic mass is 32.1. The first kappa shape index (κ1) is 14.0. The molecule has 1 aliphatic heterocycles. The van der Waals surface area contributed by atoms with Crippen molar-refractivity contribution in [2.45, 2.75) is 25.4 Å². The van der Waals surface area contributed by atoms with Crippen LogP contribution in [0.1, 0.15) is 17.7 Å². The van der Waals surface area contributed by atoms with Gasteiger partial charge in [-0.2, -0.15) is 0 Å². The van der Waals surface area contributed by atoms with Gasteiger partial charge in [0.25, 0.3) is 0 Å². The third-order valence-electron chi connectivity index (χ3n) is 3.51. The van der Waals surface area contributed by atoms with Gasteiger partial charge in [0.1, 0.15) is 6.10 Å². The van der Waals surface area contributed by atoms with Crippen molar-refractivity contribution in [3.63, 3.8) is 0 Å². The summed E-state index contributed by atoms with van der Waals surface area (Å²) in [6.07, 6.45) is 5.59. The van der Waals surface area contributed by atoms with E-state index in [0.717, 1.165) is 30.8 Å². The fourth-order valence-corrected chi connectivity index (χ4v) is 3.09. The normalized spacial score (nSPS) is 15.9. The predicted octanol–water partition coefficient (Wildman–Crippen LogP) is 2.15. The molecule has 3 rings (SSSR count). The highest BCUT2D eigenvalue weighted by Crippen LogP contribution is 2.17. The van der Waals surface area contributed by atoms with Crippen molar-refractivity contribution < 1.29 is 9.53 Å². The van der Waals surface area contributed by atoms with E-state index in [1.54, 1.807) is 29.8 Å². The van der Waals surface area contributed by atoms with Crippen molar-refractivity contribution in [3.8, 4) is 6.01 Å². The average molecular weight is 303 g/mol. The fraction of sp³-hybridized carbons (Fsp3) is 0.400. The summed E-state index contributed by atoms with van der Waals surface area (Å²) >= 11 is 1.63. The zero-order chi connectivity index (χ0) is 14.5. The van der Waals surface area contributed by atoms with Crippen molar-refractivity contribution in [2.75, 3.05) is 13.1 Å². The van der Waals surface area contributed by atoms with Gasteiger partial charge >= 0.3 is 6.01 Å². The van der Waals surface area contributed by atoms with Gasteiger partial charge < -0.3 is 9.64 Å². The number of ether oxygens (including phenoxy) is 1. The molecule has 1 amide bonds. The Kier molecular flexibility index (Phi) is 4.45. The first-order chi connectivity index (χ1) is 10.3. The zero-order valence-corrected chi connectivity index (χ0v) is 12.5. The van der Waals surface area contributed by atoms with Gasteiger partial charge in [-0.1, -0.05) is 6.07 Å². The molecule has 3 heterocycles. The number of hydrogen-bond acceptors (Lipinski definition) is 5. The molecule has 0 aliphatic carbocycles. The standard InChI is InChI=1S/C15H17N3O2S/c19-14(11-13-3-1-10-21-13)18-8-4-12(5-9-18)20-15-16-6-2-7-17-15/h1-3,6-7,10,12H,4-5,8-9,11H2. The van der Waals surface area contributed by atoms with Gasteiger partial charge in [-0.25, -0.2) is 9.97 Å². The van der Waals surface area contributed by atoms with E-state index in [1.165, 1.54) is 0 Å². The van der Waals surface area contributed by atoms with Crippen LogP contribution in [0.25, 0.3) is 0 Å². The number of hydrogen-bond donors (Lipinski definition) is 0. The number of nitrogens with zero attached hydrogens (tertiary/aromatic N) is 3. The Bertz CT molecular complexity index is 566. The van der Waals surface area contributed by atoms with E-state index in [9.17, 15) is 4.79 Å². The summed E-state index contributed by atoms with van der Waals surface area (Å²) in [7, 11) is 0. The Morgan fingerprint density at radius 3 is 2.71 bits per heavy atom. The van der Waals surface area contributed by atoms with Crippen molar-refractivity contribution in [2.24, 2.45) is 0 Å². The van der Waals surface area contributed by atoms with E-state index < -0.39 is 0 Å². The molecule has 1 aliphatic rings. The van der Waals surface area contributed by atoms with Crippen LogP contribution in [0, 0.1) is 0 Å². The summed E-state index contributed by atoms with van der Waals surface area (Å²) in [6, 6.07) is 6.16. The van der Waals surface area contributed by atoms with E-state index in [0.29, 0.717) is 12.4 Å². The lowest BCUT2D eigenvalue weighted by Gasteiger charge is -2.31. The molecule has 110 valence electrons. The second kappa shape index (κ2) is 6.67. The maximum absolute atomic E-state index is 12.2. The summed E-state index contributed by atoms with van der Waals surface area (Å²) in [5.41, 5.74) is 0. The van der Waals surface area contributed by atoms with E-state index >= 15 is 0 Å². The quantitative estimate of drug-likeness (QED) is 0.868. The zero-order valence-electron chi connectivity index (χ0n) is 11.6. The number of carbonyl (C=O) groups is 1. The molecule has 0 spiro atoms. The molecule has 0 unspecified atom stereocenters. The number of piperidine rings is 1. The monoisotopic (exact) mass is 303 g/mol. The maximum atomic E-state index is 12.2.